The zero-order valence-electron chi connectivity index (χ0n) is 42.8. The molecule has 17 nitrogen and oxygen atoms in total. The van der Waals surface area contributed by atoms with E-state index in [1.807, 2.05) is 25.1 Å². The van der Waals surface area contributed by atoms with Crippen molar-refractivity contribution < 1.29 is 45.2 Å². The van der Waals surface area contributed by atoms with Crippen molar-refractivity contribution in [3.05, 3.63) is 106 Å². The monoisotopic (exact) mass is 1060 g/mol. The van der Waals surface area contributed by atoms with E-state index in [9.17, 15) is 41.3 Å². The molecule has 3 amide bonds. The first kappa shape index (κ1) is 55.6. The van der Waals surface area contributed by atoms with Gasteiger partial charge in [-0.15, -0.1) is 0 Å². The third-order valence-corrected chi connectivity index (χ3v) is 13.5. The average Bonchev–Trinajstić information content (AvgIpc) is 3.95. The number of oxazole rings is 1. The van der Waals surface area contributed by atoms with Crippen molar-refractivity contribution in [3.8, 4) is 6.07 Å². The molecule has 1 atom stereocenters. The molecule has 0 bridgehead atoms. The number of carbonyl (C=O) groups is 4. The molecular formula is C53H62ClN7O10S2. The Morgan fingerprint density at radius 2 is 1.51 bits per heavy atom. The van der Waals surface area contributed by atoms with Crippen LogP contribution in [0.4, 0.5) is 33.2 Å². The van der Waals surface area contributed by atoms with E-state index in [2.05, 4.69) is 60.8 Å². The van der Waals surface area contributed by atoms with E-state index >= 15 is 0 Å². The first-order chi connectivity index (χ1) is 33.8. The number of nitrogens with zero attached hydrogens (tertiary/aromatic N) is 3. The number of anilines is 5. The summed E-state index contributed by atoms with van der Waals surface area (Å²) < 4.78 is 64.6. The number of Topliss-reactive ketones (excluding diaryl/α,β-unsaturated/α-hetero) is 1. The zero-order valence-corrected chi connectivity index (χ0v) is 45.2. The van der Waals surface area contributed by atoms with Gasteiger partial charge in [-0.25, -0.2) is 26.6 Å². The number of nitrogens with one attached hydrogen (secondary N) is 4. The Hall–Kier alpha value is -6.75. The maximum Gasteiger partial charge on any atom is 0.415 e. The van der Waals surface area contributed by atoms with E-state index in [0.717, 1.165) is 43.4 Å². The number of rotatable bonds is 16. The van der Waals surface area contributed by atoms with Gasteiger partial charge in [-0.3, -0.25) is 28.7 Å². The number of aryl methyl sites for hydroxylation is 1. The van der Waals surface area contributed by atoms with Crippen molar-refractivity contribution in [1.29, 1.82) is 5.26 Å². The van der Waals surface area contributed by atoms with Crippen LogP contribution in [0.25, 0.3) is 22.7 Å². The molecule has 1 saturated carbocycles. The summed E-state index contributed by atoms with van der Waals surface area (Å²) >= 11 is 6.53. The summed E-state index contributed by atoms with van der Waals surface area (Å²) in [7, 11) is -7.66. The van der Waals surface area contributed by atoms with Crippen LogP contribution in [0.2, 0.25) is 5.02 Å². The Bertz CT molecular complexity index is 3290. The van der Waals surface area contributed by atoms with E-state index < -0.39 is 55.3 Å². The minimum absolute atomic E-state index is 0.0175. The third kappa shape index (κ3) is 14.5. The number of ketones is 1. The Labute approximate surface area is 432 Å². The number of amides is 3. The lowest BCUT2D eigenvalue weighted by molar-refractivity contribution is -0.142. The molecule has 388 valence electrons. The van der Waals surface area contributed by atoms with Gasteiger partial charge in [0.25, 0.3) is 11.8 Å². The van der Waals surface area contributed by atoms with E-state index in [1.165, 1.54) is 35.2 Å². The maximum atomic E-state index is 14.5. The molecule has 73 heavy (non-hydrogen) atoms. The number of aromatic nitrogens is 1. The first-order valence-corrected chi connectivity index (χ1v) is 27.7. The Balaban J connectivity index is 1.26. The van der Waals surface area contributed by atoms with Crippen LogP contribution >= 0.6 is 11.6 Å². The molecule has 4 N–H and O–H groups in total. The van der Waals surface area contributed by atoms with Crippen LogP contribution in [0.1, 0.15) is 120 Å². The highest BCUT2D eigenvalue weighted by atomic mass is 35.5. The third-order valence-electron chi connectivity index (χ3n) is 12.0. The van der Waals surface area contributed by atoms with Crippen LogP contribution in [0, 0.1) is 29.1 Å². The van der Waals surface area contributed by atoms with Gasteiger partial charge in [-0.1, -0.05) is 92.0 Å². The second-order valence-corrected chi connectivity index (χ2v) is 25.3. The highest BCUT2D eigenvalue weighted by Crippen LogP contribution is 2.38. The molecule has 1 aliphatic rings. The van der Waals surface area contributed by atoms with Gasteiger partial charge in [0.05, 0.1) is 34.5 Å². The van der Waals surface area contributed by atoms with Gasteiger partial charge in [0.15, 0.2) is 11.4 Å². The summed E-state index contributed by atoms with van der Waals surface area (Å²) in [5.74, 6) is -2.46. The maximum absolute atomic E-state index is 14.5. The number of sulfonamides is 2. The quantitative estimate of drug-likeness (QED) is 0.0532. The molecule has 0 aliphatic heterocycles. The number of hydrogen-bond acceptors (Lipinski definition) is 12. The van der Waals surface area contributed by atoms with Crippen molar-refractivity contribution in [2.75, 3.05) is 37.5 Å². The summed E-state index contributed by atoms with van der Waals surface area (Å²) in [4.78, 5) is 62.6. The van der Waals surface area contributed by atoms with Gasteiger partial charge in [0, 0.05) is 28.5 Å². The standard InChI is InChI=1S/C53H62ClN7O10S2/c1-31-24-38(20-16-32(31)25-33(29-55)49-58-43-26-34(17-23-44(43)70-49)53(8,9)30-51(2,3)4)61(37-14-12-13-15-37)50(65)71-45(46(62)52(5,6)7)48(64)57-42-28-35(18-21-40(42)54)56-47(63)39-27-36(59-72(10,66)67)19-22-41(39)60-73(11,68)69/h16-28,37,45,59-60H,12-15,30H2,1-11H3,(H,56,63)(H,57,64)/b33-25+. The van der Waals surface area contributed by atoms with Gasteiger partial charge in [0.1, 0.15) is 17.2 Å². The fourth-order valence-electron chi connectivity index (χ4n) is 8.96. The summed E-state index contributed by atoms with van der Waals surface area (Å²) in [5, 5.41) is 15.5. The van der Waals surface area contributed by atoms with Crippen molar-refractivity contribution in [3.63, 3.8) is 0 Å². The van der Waals surface area contributed by atoms with Crippen LogP contribution in [0.3, 0.4) is 0 Å². The van der Waals surface area contributed by atoms with Crippen LogP contribution in [-0.2, 0) is 39.8 Å². The molecule has 0 spiro atoms. The molecule has 0 radical (unpaired) electrons. The topological polar surface area (TPSA) is 247 Å². The molecule has 5 aromatic rings. The van der Waals surface area contributed by atoms with Gasteiger partial charge >= 0.3 is 6.09 Å². The van der Waals surface area contributed by atoms with Gasteiger partial charge in [-0.2, -0.15) is 5.26 Å². The molecule has 0 saturated heterocycles. The number of benzene rings is 4. The van der Waals surface area contributed by atoms with E-state index in [0.29, 0.717) is 40.8 Å². The van der Waals surface area contributed by atoms with Crippen LogP contribution in [-0.4, -0.2) is 70.2 Å². The van der Waals surface area contributed by atoms with Gasteiger partial charge in [0.2, 0.25) is 32.0 Å². The molecule has 1 aromatic heterocycles. The molecule has 1 heterocycles. The van der Waals surface area contributed by atoms with Gasteiger partial charge in [-0.05, 0) is 120 Å². The van der Waals surface area contributed by atoms with Gasteiger partial charge < -0.3 is 19.8 Å². The lowest BCUT2D eigenvalue weighted by Gasteiger charge is -2.32. The molecule has 6 rings (SSSR count). The number of nitriles is 1. The average molecular weight is 1060 g/mol. The zero-order chi connectivity index (χ0) is 54.0. The predicted octanol–water partition coefficient (Wildman–Crippen LogP) is 11.1. The largest absolute Gasteiger partial charge is 0.435 e. The predicted molar refractivity (Wildman–Crippen MR) is 287 cm³/mol. The second-order valence-electron chi connectivity index (χ2n) is 21.4. The van der Waals surface area contributed by atoms with Crippen molar-refractivity contribution in [1.82, 2.24) is 4.98 Å². The van der Waals surface area contributed by atoms with Crippen molar-refractivity contribution in [2.45, 2.75) is 112 Å². The molecule has 20 heteroatoms. The van der Waals surface area contributed by atoms with Crippen molar-refractivity contribution in [2.24, 2.45) is 10.8 Å². The summed E-state index contributed by atoms with van der Waals surface area (Å²) in [6, 6.07) is 20.7. The lowest BCUT2D eigenvalue weighted by atomic mass is 9.72. The number of halogens is 1. The Kier molecular flexibility index (Phi) is 16.3. The number of hydrogen-bond donors (Lipinski definition) is 4. The summed E-state index contributed by atoms with van der Waals surface area (Å²) in [5.41, 5.74) is 2.62. The molecule has 1 aliphatic carbocycles. The van der Waals surface area contributed by atoms with E-state index in [-0.39, 0.29) is 61.7 Å². The number of allylic oxidation sites excluding steroid dienone is 1. The Morgan fingerprint density at radius 3 is 2.11 bits per heavy atom. The molecule has 1 fully saturated rings. The smallest absolute Gasteiger partial charge is 0.415 e. The first-order valence-electron chi connectivity index (χ1n) is 23.5. The SMILES string of the molecule is Cc1cc(N(C(=O)OC(C(=O)Nc2cc(NC(=O)c3cc(NS(C)(=O)=O)ccc3NS(C)(=O)=O)ccc2Cl)C(=O)C(C)(C)C)C2CCCC2)ccc1/C=C(\C#N)c1nc2cc(C(C)(C)CC(C)(C)C)ccc2o1. The molecule has 4 aromatic carbocycles. The van der Waals surface area contributed by atoms with E-state index in [4.69, 9.17) is 25.7 Å². The Morgan fingerprint density at radius 1 is 0.849 bits per heavy atom. The van der Waals surface area contributed by atoms with Crippen molar-refractivity contribution >= 4 is 107 Å². The highest BCUT2D eigenvalue weighted by Gasteiger charge is 2.41. The summed E-state index contributed by atoms with van der Waals surface area (Å²) in [6.07, 6.45) is 4.40. The minimum Gasteiger partial charge on any atom is -0.435 e. The summed E-state index contributed by atoms with van der Waals surface area (Å²) in [6.45, 7) is 17.6. The van der Waals surface area contributed by atoms with E-state index in [1.54, 1.807) is 45.0 Å². The second kappa shape index (κ2) is 21.4. The molecule has 1 unspecified atom stereocenters. The molecular weight excluding hydrogens is 994 g/mol. The number of ether oxygens (including phenoxy) is 1. The van der Waals surface area contributed by atoms with Crippen LogP contribution in [0.5, 0.6) is 0 Å². The fourth-order valence-corrected chi connectivity index (χ4v) is 10.3. The number of fused-ring (bicyclic) bond motifs is 1. The van der Waals surface area contributed by atoms with Crippen LogP contribution in [0.15, 0.2) is 77.2 Å². The highest BCUT2D eigenvalue weighted by molar-refractivity contribution is 7.92. The lowest BCUT2D eigenvalue weighted by Crippen LogP contribution is -2.48. The normalized spacial score (nSPS) is 14.3. The van der Waals surface area contributed by atoms with Crippen LogP contribution < -0.4 is 25.0 Å². The fraction of sp³-hybridized carbons (Fsp3) is 0.396. The minimum atomic E-state index is -3.89. The number of carbonyl (C=O) groups excluding carboxylic acids is 4.